The molecule has 0 radical (unpaired) electrons. The van der Waals surface area contributed by atoms with Gasteiger partial charge in [0.05, 0.1) is 0 Å². The van der Waals surface area contributed by atoms with Crippen molar-refractivity contribution in [3.8, 4) is 0 Å². The molecule has 0 aromatic heterocycles. The fourth-order valence-corrected chi connectivity index (χ4v) is 2.25. The highest BCUT2D eigenvalue weighted by atomic mass is 127. The van der Waals surface area contributed by atoms with Gasteiger partial charge in [-0.15, -0.1) is 0 Å². The molecule has 2 N–H and O–H groups in total. The van der Waals surface area contributed by atoms with E-state index in [0.29, 0.717) is 0 Å². The Kier molecular flexibility index (Phi) is 5.74. The molecule has 0 spiro atoms. The van der Waals surface area contributed by atoms with Gasteiger partial charge in [0.15, 0.2) is 0 Å². The third kappa shape index (κ3) is 4.53. The van der Waals surface area contributed by atoms with E-state index in [1.54, 1.807) is 0 Å². The zero-order chi connectivity index (χ0) is 12.8. The number of benzene rings is 1. The minimum atomic E-state index is -0.122. The van der Waals surface area contributed by atoms with Gasteiger partial charge in [-0.25, -0.2) is 4.79 Å². The number of urea groups is 1. The lowest BCUT2D eigenvalue weighted by atomic mass is 10.2. The highest BCUT2D eigenvalue weighted by Crippen LogP contribution is 2.17. The van der Waals surface area contributed by atoms with Crippen LogP contribution in [0.25, 0.3) is 0 Å². The molecule has 0 unspecified atom stereocenters. The van der Waals surface area contributed by atoms with E-state index in [2.05, 4.69) is 47.1 Å². The normalized spacial score (nSPS) is 10.4. The lowest BCUT2D eigenvalue weighted by Gasteiger charge is -2.16. The number of anilines is 1. The number of carbonyl (C=O) groups is 1. The molecular formula is C13H19IN2O. The Bertz CT molecular complexity index is 389. The monoisotopic (exact) mass is 346 g/mol. The van der Waals surface area contributed by atoms with Crippen molar-refractivity contribution in [3.05, 3.63) is 27.3 Å². The van der Waals surface area contributed by atoms with Gasteiger partial charge in [0.1, 0.15) is 0 Å². The number of rotatable bonds is 4. The molecule has 0 saturated heterocycles. The fraction of sp³-hybridized carbons (Fsp3) is 0.462. The van der Waals surface area contributed by atoms with Gasteiger partial charge in [-0.1, -0.05) is 13.8 Å². The molecule has 1 rings (SSSR count). The molecule has 3 nitrogen and oxygen atoms in total. The summed E-state index contributed by atoms with van der Waals surface area (Å²) < 4.78 is 1.17. The van der Waals surface area contributed by atoms with Crippen LogP contribution in [0.3, 0.4) is 0 Å². The Hall–Kier alpha value is -0.780. The van der Waals surface area contributed by atoms with Gasteiger partial charge in [0.2, 0.25) is 0 Å². The molecule has 1 aromatic carbocycles. The van der Waals surface area contributed by atoms with Crippen LogP contribution >= 0.6 is 22.6 Å². The molecule has 0 saturated carbocycles. The van der Waals surface area contributed by atoms with E-state index in [9.17, 15) is 4.79 Å². The van der Waals surface area contributed by atoms with Crippen LogP contribution < -0.4 is 10.6 Å². The summed E-state index contributed by atoms with van der Waals surface area (Å²) >= 11 is 2.26. The second-order valence-electron chi connectivity index (χ2n) is 4.07. The maximum Gasteiger partial charge on any atom is 0.319 e. The molecule has 0 heterocycles. The molecule has 1 aromatic rings. The number of carbonyl (C=O) groups excluding carboxylic acids is 1. The third-order valence-corrected chi connectivity index (χ3v) is 3.43. The summed E-state index contributed by atoms with van der Waals surface area (Å²) in [5, 5.41) is 5.84. The number of hydrogen-bond donors (Lipinski definition) is 2. The summed E-state index contributed by atoms with van der Waals surface area (Å²) in [6.45, 7) is 6.14. The van der Waals surface area contributed by atoms with Crippen LogP contribution in [0.5, 0.6) is 0 Å². The van der Waals surface area contributed by atoms with Crippen LogP contribution in [-0.2, 0) is 0 Å². The van der Waals surface area contributed by atoms with Crippen molar-refractivity contribution in [2.24, 2.45) is 0 Å². The van der Waals surface area contributed by atoms with E-state index in [1.165, 1.54) is 3.57 Å². The maximum absolute atomic E-state index is 11.8. The predicted molar refractivity (Wildman–Crippen MR) is 80.4 cm³/mol. The first kappa shape index (κ1) is 14.3. The summed E-state index contributed by atoms with van der Waals surface area (Å²) in [6.07, 6.45) is 1.91. The molecule has 2 amide bonds. The van der Waals surface area contributed by atoms with Crippen molar-refractivity contribution >= 4 is 34.3 Å². The summed E-state index contributed by atoms with van der Waals surface area (Å²) in [4.78, 5) is 11.8. The van der Waals surface area contributed by atoms with Crippen LogP contribution in [0, 0.1) is 10.5 Å². The Morgan fingerprint density at radius 3 is 2.53 bits per heavy atom. The number of hydrogen-bond acceptors (Lipinski definition) is 1. The average Bonchev–Trinajstić information content (AvgIpc) is 2.29. The van der Waals surface area contributed by atoms with Gasteiger partial charge in [0.25, 0.3) is 0 Å². The maximum atomic E-state index is 11.8. The summed E-state index contributed by atoms with van der Waals surface area (Å²) in [6, 6.07) is 6.10. The molecule has 0 aliphatic rings. The molecule has 94 valence electrons. The quantitative estimate of drug-likeness (QED) is 0.798. The highest BCUT2D eigenvalue weighted by molar-refractivity contribution is 14.1. The van der Waals surface area contributed by atoms with Crippen molar-refractivity contribution in [2.45, 2.75) is 39.7 Å². The number of aryl methyl sites for hydroxylation is 1. The first-order valence-electron chi connectivity index (χ1n) is 5.90. The van der Waals surface area contributed by atoms with Crippen molar-refractivity contribution in [3.63, 3.8) is 0 Å². The molecular weight excluding hydrogens is 327 g/mol. The van der Waals surface area contributed by atoms with E-state index in [1.807, 2.05) is 25.1 Å². The predicted octanol–water partition coefficient (Wildman–Crippen LogP) is 3.91. The molecule has 4 heteroatoms. The van der Waals surface area contributed by atoms with Crippen LogP contribution in [-0.4, -0.2) is 12.1 Å². The Morgan fingerprint density at radius 2 is 2.00 bits per heavy atom. The minimum Gasteiger partial charge on any atom is -0.335 e. The van der Waals surface area contributed by atoms with E-state index in [4.69, 9.17) is 0 Å². The Labute approximate surface area is 117 Å². The topological polar surface area (TPSA) is 41.1 Å². The lowest BCUT2D eigenvalue weighted by molar-refractivity contribution is 0.247. The van der Waals surface area contributed by atoms with Crippen LogP contribution in [0.1, 0.15) is 32.3 Å². The lowest BCUT2D eigenvalue weighted by Crippen LogP contribution is -2.37. The molecule has 17 heavy (non-hydrogen) atoms. The van der Waals surface area contributed by atoms with Gasteiger partial charge in [-0.05, 0) is 66.1 Å². The van der Waals surface area contributed by atoms with Crippen LogP contribution in [0.2, 0.25) is 0 Å². The van der Waals surface area contributed by atoms with Crippen molar-refractivity contribution in [1.82, 2.24) is 5.32 Å². The van der Waals surface area contributed by atoms with Crippen molar-refractivity contribution in [1.29, 1.82) is 0 Å². The second kappa shape index (κ2) is 6.83. The van der Waals surface area contributed by atoms with Gasteiger partial charge in [0, 0.05) is 15.3 Å². The fourth-order valence-electron chi connectivity index (χ4n) is 1.60. The van der Waals surface area contributed by atoms with E-state index >= 15 is 0 Å². The van der Waals surface area contributed by atoms with Gasteiger partial charge in [-0.2, -0.15) is 0 Å². The Balaban J connectivity index is 2.62. The molecule has 0 aliphatic carbocycles. The van der Waals surface area contributed by atoms with Crippen LogP contribution in [0.15, 0.2) is 18.2 Å². The number of amides is 2. The zero-order valence-electron chi connectivity index (χ0n) is 10.5. The van der Waals surface area contributed by atoms with E-state index in [0.717, 1.165) is 24.1 Å². The standard InChI is InChI=1S/C13H19IN2O/c1-4-11(5-2)15-13(17)16-12-7-6-10(14)8-9(12)3/h6-8,11H,4-5H2,1-3H3,(H2,15,16,17). The molecule has 0 fully saturated rings. The van der Waals surface area contributed by atoms with Gasteiger partial charge >= 0.3 is 6.03 Å². The van der Waals surface area contributed by atoms with E-state index < -0.39 is 0 Å². The summed E-state index contributed by atoms with van der Waals surface area (Å²) in [5.41, 5.74) is 1.95. The molecule has 0 atom stereocenters. The first-order chi connectivity index (χ1) is 8.06. The summed E-state index contributed by atoms with van der Waals surface area (Å²) in [7, 11) is 0. The average molecular weight is 346 g/mol. The zero-order valence-corrected chi connectivity index (χ0v) is 12.7. The molecule has 0 bridgehead atoms. The smallest absolute Gasteiger partial charge is 0.319 e. The van der Waals surface area contributed by atoms with Crippen molar-refractivity contribution in [2.75, 3.05) is 5.32 Å². The molecule has 0 aliphatic heterocycles. The highest BCUT2D eigenvalue weighted by Gasteiger charge is 2.09. The summed E-state index contributed by atoms with van der Waals surface area (Å²) in [5.74, 6) is 0. The van der Waals surface area contributed by atoms with Crippen LogP contribution in [0.4, 0.5) is 10.5 Å². The first-order valence-corrected chi connectivity index (χ1v) is 6.98. The largest absolute Gasteiger partial charge is 0.335 e. The number of nitrogens with one attached hydrogen (secondary N) is 2. The number of halogens is 1. The van der Waals surface area contributed by atoms with Crippen molar-refractivity contribution < 1.29 is 4.79 Å². The SMILES string of the molecule is CCC(CC)NC(=O)Nc1ccc(I)cc1C. The van der Waals surface area contributed by atoms with Gasteiger partial charge in [-0.3, -0.25) is 0 Å². The second-order valence-corrected chi connectivity index (χ2v) is 5.32. The minimum absolute atomic E-state index is 0.122. The Morgan fingerprint density at radius 1 is 1.35 bits per heavy atom. The third-order valence-electron chi connectivity index (χ3n) is 2.76. The van der Waals surface area contributed by atoms with E-state index in [-0.39, 0.29) is 12.1 Å². The van der Waals surface area contributed by atoms with Gasteiger partial charge < -0.3 is 10.6 Å².